The number of nitrogens with one attached hydrogen (secondary N) is 1. The molecule has 2 N–H and O–H groups in total. The van der Waals surface area contributed by atoms with Gasteiger partial charge in [-0.3, -0.25) is 0 Å². The Labute approximate surface area is 153 Å². The number of benzene rings is 1. The van der Waals surface area contributed by atoms with Gasteiger partial charge in [0.05, 0.1) is 9.23 Å². The molecule has 6 nitrogen and oxygen atoms in total. The summed E-state index contributed by atoms with van der Waals surface area (Å²) < 4.78 is 33.3. The van der Waals surface area contributed by atoms with Gasteiger partial charge in [0.25, 0.3) is 0 Å². The van der Waals surface area contributed by atoms with E-state index in [2.05, 4.69) is 4.72 Å². The first-order valence-electron chi connectivity index (χ1n) is 7.28. The molecule has 3 rings (SSSR count). The molecule has 0 saturated heterocycles. The summed E-state index contributed by atoms with van der Waals surface area (Å²) in [6.07, 6.45) is 0.534. The molecule has 2 aromatic heterocycles. The van der Waals surface area contributed by atoms with Gasteiger partial charge < -0.3 is 9.52 Å². The Morgan fingerprint density at radius 2 is 2.08 bits per heavy atom. The predicted octanol–water partition coefficient (Wildman–Crippen LogP) is 3.68. The summed E-state index contributed by atoms with van der Waals surface area (Å²) in [4.78, 5) is 12.2. The number of hydrogen-bond donors (Lipinski definition) is 2. The van der Waals surface area contributed by atoms with E-state index in [1.54, 1.807) is 13.0 Å². The lowest BCUT2D eigenvalue weighted by Gasteiger charge is -2.06. The fourth-order valence-electron chi connectivity index (χ4n) is 2.45. The van der Waals surface area contributed by atoms with E-state index in [0.29, 0.717) is 27.3 Å². The molecule has 0 saturated carbocycles. The number of halogens is 1. The highest BCUT2D eigenvalue weighted by Crippen LogP contribution is 2.28. The van der Waals surface area contributed by atoms with E-state index in [9.17, 15) is 13.2 Å². The number of carboxylic acids is 1. The Bertz CT molecular complexity index is 1050. The van der Waals surface area contributed by atoms with Crippen molar-refractivity contribution < 1.29 is 22.7 Å². The molecular weight excluding hydrogens is 386 g/mol. The third kappa shape index (κ3) is 3.72. The molecule has 0 unspecified atom stereocenters. The number of aryl methyl sites for hydroxylation is 1. The van der Waals surface area contributed by atoms with Crippen LogP contribution in [0.5, 0.6) is 0 Å². The van der Waals surface area contributed by atoms with E-state index in [0.717, 1.165) is 4.88 Å². The van der Waals surface area contributed by atoms with Gasteiger partial charge in [0, 0.05) is 22.4 Å². The van der Waals surface area contributed by atoms with Crippen LogP contribution < -0.4 is 4.72 Å². The summed E-state index contributed by atoms with van der Waals surface area (Å²) in [6, 6.07) is 7.90. The smallest absolute Gasteiger partial charge is 0.372 e. The number of sulfonamides is 1. The molecule has 1 aromatic carbocycles. The Kier molecular flexibility index (Phi) is 4.88. The summed E-state index contributed by atoms with van der Waals surface area (Å²) >= 11 is 7.25. The molecule has 0 radical (unpaired) electrons. The van der Waals surface area contributed by atoms with Crippen LogP contribution in [0.4, 0.5) is 0 Å². The van der Waals surface area contributed by atoms with Crippen molar-refractivity contribution in [2.75, 3.05) is 6.54 Å². The first kappa shape index (κ1) is 17.9. The molecule has 0 amide bonds. The number of furan rings is 1. The molecule has 132 valence electrons. The van der Waals surface area contributed by atoms with Gasteiger partial charge in [-0.25, -0.2) is 17.9 Å². The van der Waals surface area contributed by atoms with Crippen molar-refractivity contribution >= 4 is 49.9 Å². The quantitative estimate of drug-likeness (QED) is 0.659. The van der Waals surface area contributed by atoms with Crippen LogP contribution in [0.3, 0.4) is 0 Å². The second-order valence-corrected chi connectivity index (χ2v) is 8.94. The third-order valence-electron chi connectivity index (χ3n) is 3.70. The van der Waals surface area contributed by atoms with E-state index in [1.165, 1.54) is 29.5 Å². The normalized spacial score (nSPS) is 11.9. The van der Waals surface area contributed by atoms with E-state index in [-0.39, 0.29) is 17.2 Å². The van der Waals surface area contributed by atoms with Crippen LogP contribution in [0.15, 0.2) is 39.6 Å². The number of thiophene rings is 1. The summed E-state index contributed by atoms with van der Waals surface area (Å²) in [5.41, 5.74) is 0.731. The lowest BCUT2D eigenvalue weighted by molar-refractivity contribution is 0.0664. The van der Waals surface area contributed by atoms with Crippen molar-refractivity contribution in [3.63, 3.8) is 0 Å². The minimum absolute atomic E-state index is 0.0602. The van der Waals surface area contributed by atoms with Gasteiger partial charge in [-0.1, -0.05) is 11.6 Å². The zero-order valence-electron chi connectivity index (χ0n) is 13.1. The summed E-state index contributed by atoms with van der Waals surface area (Å²) in [5, 5.41) is 9.55. The zero-order valence-corrected chi connectivity index (χ0v) is 15.5. The monoisotopic (exact) mass is 399 g/mol. The topological polar surface area (TPSA) is 96.6 Å². The molecule has 9 heteroatoms. The van der Waals surface area contributed by atoms with Crippen LogP contribution in [-0.4, -0.2) is 26.0 Å². The largest absolute Gasteiger partial charge is 0.475 e. The molecule has 0 spiro atoms. The maximum Gasteiger partial charge on any atom is 0.372 e. The molecule has 0 bridgehead atoms. The molecule has 0 fully saturated rings. The van der Waals surface area contributed by atoms with Gasteiger partial charge in [0.1, 0.15) is 5.58 Å². The number of hydrogen-bond acceptors (Lipinski definition) is 5. The van der Waals surface area contributed by atoms with Crippen molar-refractivity contribution in [1.82, 2.24) is 4.72 Å². The standard InChI is InChI=1S/C16H14ClNO5S2/c1-9-12-8-11(3-4-13(12)23-15(9)16(19)20)25(21,22)18-7-6-10-2-5-14(17)24-10/h2-5,8,18H,6-7H2,1H3,(H,19,20). The SMILES string of the molecule is Cc1c(C(=O)O)oc2ccc(S(=O)(=O)NCCc3ccc(Cl)s3)cc12. The Hall–Kier alpha value is -1.87. The van der Waals surface area contributed by atoms with Crippen LogP contribution in [0.2, 0.25) is 4.34 Å². The van der Waals surface area contributed by atoms with E-state index in [4.69, 9.17) is 21.1 Å². The summed E-state index contributed by atoms with van der Waals surface area (Å²) in [6.45, 7) is 1.82. The molecule has 0 aliphatic rings. The Morgan fingerprint density at radius 1 is 1.32 bits per heavy atom. The van der Waals surface area contributed by atoms with Gasteiger partial charge in [0.15, 0.2) is 0 Å². The zero-order chi connectivity index (χ0) is 18.2. The first-order valence-corrected chi connectivity index (χ1v) is 9.96. The Morgan fingerprint density at radius 3 is 2.72 bits per heavy atom. The minimum Gasteiger partial charge on any atom is -0.475 e. The number of rotatable bonds is 6. The average Bonchev–Trinajstić information content (AvgIpc) is 3.11. The Balaban J connectivity index is 1.81. The maximum absolute atomic E-state index is 12.4. The lowest BCUT2D eigenvalue weighted by Crippen LogP contribution is -2.25. The third-order valence-corrected chi connectivity index (χ3v) is 6.45. The van der Waals surface area contributed by atoms with Crippen molar-refractivity contribution in [2.24, 2.45) is 0 Å². The molecule has 3 aromatic rings. The first-order chi connectivity index (χ1) is 11.8. The van der Waals surface area contributed by atoms with E-state index in [1.807, 2.05) is 6.07 Å². The van der Waals surface area contributed by atoms with Gasteiger partial charge in [-0.15, -0.1) is 11.3 Å². The number of carboxylic acid groups (broad SMARTS) is 1. The lowest BCUT2D eigenvalue weighted by atomic mass is 10.1. The summed E-state index contributed by atoms with van der Waals surface area (Å²) in [7, 11) is -3.71. The fourth-order valence-corrected chi connectivity index (χ4v) is 4.59. The summed E-state index contributed by atoms with van der Waals surface area (Å²) in [5.74, 6) is -1.38. The second kappa shape index (κ2) is 6.80. The molecule has 2 heterocycles. The van der Waals surface area contributed by atoms with Gasteiger partial charge in [-0.2, -0.15) is 0 Å². The highest BCUT2D eigenvalue weighted by molar-refractivity contribution is 7.89. The van der Waals surface area contributed by atoms with Crippen molar-refractivity contribution in [1.29, 1.82) is 0 Å². The van der Waals surface area contributed by atoms with Crippen LogP contribution >= 0.6 is 22.9 Å². The van der Waals surface area contributed by atoms with Gasteiger partial charge >= 0.3 is 5.97 Å². The highest BCUT2D eigenvalue weighted by atomic mass is 35.5. The predicted molar refractivity (Wildman–Crippen MR) is 96.1 cm³/mol. The number of fused-ring (bicyclic) bond motifs is 1. The number of carbonyl (C=O) groups is 1. The average molecular weight is 400 g/mol. The van der Waals surface area contributed by atoms with E-state index < -0.39 is 16.0 Å². The van der Waals surface area contributed by atoms with Crippen LogP contribution in [0.1, 0.15) is 21.0 Å². The molecule has 25 heavy (non-hydrogen) atoms. The van der Waals surface area contributed by atoms with Crippen molar-refractivity contribution in [3.8, 4) is 0 Å². The van der Waals surface area contributed by atoms with Gasteiger partial charge in [0.2, 0.25) is 15.8 Å². The highest BCUT2D eigenvalue weighted by Gasteiger charge is 2.20. The molecule has 0 atom stereocenters. The molecule has 0 aliphatic heterocycles. The van der Waals surface area contributed by atoms with Crippen molar-refractivity contribution in [3.05, 3.63) is 50.9 Å². The van der Waals surface area contributed by atoms with E-state index >= 15 is 0 Å². The second-order valence-electron chi connectivity index (χ2n) is 5.37. The van der Waals surface area contributed by atoms with Crippen LogP contribution in [-0.2, 0) is 16.4 Å². The number of aromatic carboxylic acids is 1. The maximum atomic E-state index is 12.4. The molecular formula is C16H14ClNO5S2. The molecule has 0 aliphatic carbocycles. The minimum atomic E-state index is -3.71. The van der Waals surface area contributed by atoms with Crippen LogP contribution in [0.25, 0.3) is 11.0 Å². The van der Waals surface area contributed by atoms with Gasteiger partial charge in [-0.05, 0) is 43.7 Å². The van der Waals surface area contributed by atoms with Crippen molar-refractivity contribution in [2.45, 2.75) is 18.2 Å². The van der Waals surface area contributed by atoms with Crippen LogP contribution in [0, 0.1) is 6.92 Å². The fraction of sp³-hybridized carbons (Fsp3) is 0.188.